The summed E-state index contributed by atoms with van der Waals surface area (Å²) in [5.41, 5.74) is 2.53. The number of nitrogens with zero attached hydrogens (tertiary/aromatic N) is 3. The number of likely N-dealkylation sites (tertiary alicyclic amines) is 1. The number of amides is 2. The van der Waals surface area contributed by atoms with Crippen molar-refractivity contribution in [2.75, 3.05) is 32.8 Å². The maximum Gasteiger partial charge on any atom is 0.317 e. The molecule has 2 aliphatic heterocycles. The smallest absolute Gasteiger partial charge is 0.317 e. The van der Waals surface area contributed by atoms with Crippen LogP contribution in [0.25, 0.3) is 0 Å². The van der Waals surface area contributed by atoms with Crippen LogP contribution in [-0.4, -0.2) is 53.6 Å². The number of hydrogen-bond acceptors (Lipinski definition) is 3. The van der Waals surface area contributed by atoms with E-state index in [0.717, 1.165) is 57.8 Å². The molecule has 2 aliphatic rings. The Kier molecular flexibility index (Phi) is 5.13. The zero-order chi connectivity index (χ0) is 17.2. The number of aromatic nitrogens is 2. The molecule has 1 atom stereocenters. The summed E-state index contributed by atoms with van der Waals surface area (Å²) in [6.45, 7) is 11.2. The number of rotatable bonds is 4. The van der Waals surface area contributed by atoms with Crippen molar-refractivity contribution in [3.63, 3.8) is 0 Å². The van der Waals surface area contributed by atoms with Crippen molar-refractivity contribution in [2.24, 2.45) is 11.3 Å². The third-order valence-corrected chi connectivity index (χ3v) is 5.47. The van der Waals surface area contributed by atoms with Crippen LogP contribution in [0.5, 0.6) is 0 Å². The lowest BCUT2D eigenvalue weighted by atomic mass is 9.80. The highest BCUT2D eigenvalue weighted by Crippen LogP contribution is 2.39. The summed E-state index contributed by atoms with van der Waals surface area (Å²) < 4.78 is 7.50. The number of hydrogen-bond donors (Lipinski definition) is 1. The highest BCUT2D eigenvalue weighted by atomic mass is 16.5. The Morgan fingerprint density at radius 1 is 1.38 bits per heavy atom. The summed E-state index contributed by atoms with van der Waals surface area (Å²) in [5.74, 6) is 0.353. The molecule has 1 aromatic heterocycles. The van der Waals surface area contributed by atoms with Gasteiger partial charge in [0, 0.05) is 45.1 Å². The van der Waals surface area contributed by atoms with Crippen molar-refractivity contribution in [3.05, 3.63) is 17.5 Å². The molecule has 24 heavy (non-hydrogen) atoms. The van der Waals surface area contributed by atoms with Gasteiger partial charge in [-0.05, 0) is 50.5 Å². The molecule has 1 spiro atoms. The van der Waals surface area contributed by atoms with Crippen LogP contribution in [0.1, 0.15) is 37.6 Å². The van der Waals surface area contributed by atoms with Gasteiger partial charge in [-0.2, -0.15) is 5.10 Å². The van der Waals surface area contributed by atoms with Gasteiger partial charge in [0.2, 0.25) is 0 Å². The Morgan fingerprint density at radius 2 is 2.12 bits per heavy atom. The van der Waals surface area contributed by atoms with Gasteiger partial charge in [0.15, 0.2) is 0 Å². The van der Waals surface area contributed by atoms with E-state index in [0.29, 0.717) is 17.9 Å². The SMILES string of the molecule is Cc1cc(C)n(C[C@H](C)CNC(=O)N2CCC3(CCOCC3)C2)n1. The van der Waals surface area contributed by atoms with Crippen molar-refractivity contribution < 1.29 is 9.53 Å². The highest BCUT2D eigenvalue weighted by molar-refractivity contribution is 5.74. The van der Waals surface area contributed by atoms with Crippen molar-refractivity contribution in [1.29, 1.82) is 0 Å². The minimum Gasteiger partial charge on any atom is -0.381 e. The lowest BCUT2D eigenvalue weighted by Gasteiger charge is -2.33. The van der Waals surface area contributed by atoms with Crippen molar-refractivity contribution in [2.45, 2.75) is 46.6 Å². The fourth-order valence-corrected chi connectivity index (χ4v) is 3.91. The van der Waals surface area contributed by atoms with Gasteiger partial charge in [0.25, 0.3) is 0 Å². The molecular formula is C18H30N4O2. The summed E-state index contributed by atoms with van der Waals surface area (Å²) in [7, 11) is 0. The molecule has 3 heterocycles. The molecule has 0 radical (unpaired) electrons. The predicted molar refractivity (Wildman–Crippen MR) is 92.9 cm³/mol. The molecule has 6 heteroatoms. The average molecular weight is 334 g/mol. The van der Waals surface area contributed by atoms with Gasteiger partial charge in [0.1, 0.15) is 0 Å². The molecule has 2 saturated heterocycles. The van der Waals surface area contributed by atoms with Gasteiger partial charge < -0.3 is 15.0 Å². The van der Waals surface area contributed by atoms with E-state index in [-0.39, 0.29) is 6.03 Å². The van der Waals surface area contributed by atoms with E-state index < -0.39 is 0 Å². The largest absolute Gasteiger partial charge is 0.381 e. The summed E-state index contributed by atoms with van der Waals surface area (Å²) in [6, 6.07) is 2.17. The second-order valence-corrected chi connectivity index (χ2v) is 7.68. The van der Waals surface area contributed by atoms with Gasteiger partial charge in [-0.15, -0.1) is 0 Å². The summed E-state index contributed by atoms with van der Waals surface area (Å²) in [6.07, 6.45) is 3.29. The van der Waals surface area contributed by atoms with Crippen LogP contribution < -0.4 is 5.32 Å². The normalized spacial score (nSPS) is 21.2. The number of carbonyl (C=O) groups is 1. The maximum absolute atomic E-state index is 12.5. The van der Waals surface area contributed by atoms with Crippen LogP contribution in [0.15, 0.2) is 6.07 Å². The van der Waals surface area contributed by atoms with Gasteiger partial charge in [-0.3, -0.25) is 4.68 Å². The van der Waals surface area contributed by atoms with E-state index in [1.165, 1.54) is 5.69 Å². The number of aryl methyl sites for hydroxylation is 2. The van der Waals surface area contributed by atoms with E-state index in [1.807, 2.05) is 16.5 Å². The topological polar surface area (TPSA) is 59.4 Å². The fourth-order valence-electron chi connectivity index (χ4n) is 3.91. The molecule has 0 unspecified atom stereocenters. The number of ether oxygens (including phenoxy) is 1. The predicted octanol–water partition coefficient (Wildman–Crippen LogP) is 2.35. The highest BCUT2D eigenvalue weighted by Gasteiger charge is 2.40. The Morgan fingerprint density at radius 3 is 2.79 bits per heavy atom. The molecular weight excluding hydrogens is 304 g/mol. The van der Waals surface area contributed by atoms with Crippen molar-refractivity contribution >= 4 is 6.03 Å². The van der Waals surface area contributed by atoms with Crippen LogP contribution in [-0.2, 0) is 11.3 Å². The Hall–Kier alpha value is -1.56. The minimum atomic E-state index is 0.0820. The van der Waals surface area contributed by atoms with Crippen molar-refractivity contribution in [1.82, 2.24) is 20.0 Å². The zero-order valence-electron chi connectivity index (χ0n) is 15.2. The first-order valence-electron chi connectivity index (χ1n) is 9.09. The first kappa shape index (κ1) is 17.3. The lowest BCUT2D eigenvalue weighted by molar-refractivity contribution is 0.0208. The molecule has 3 rings (SSSR count). The van der Waals surface area contributed by atoms with E-state index in [2.05, 4.69) is 30.3 Å². The van der Waals surface area contributed by atoms with Gasteiger partial charge >= 0.3 is 6.03 Å². The summed E-state index contributed by atoms with van der Waals surface area (Å²) in [4.78, 5) is 14.4. The van der Waals surface area contributed by atoms with E-state index in [1.54, 1.807) is 0 Å². The van der Waals surface area contributed by atoms with Gasteiger partial charge in [0.05, 0.1) is 5.69 Å². The van der Waals surface area contributed by atoms with Crippen LogP contribution in [0.2, 0.25) is 0 Å². The molecule has 2 fully saturated rings. The molecule has 0 aliphatic carbocycles. The monoisotopic (exact) mass is 334 g/mol. The number of carbonyl (C=O) groups excluding carboxylic acids is 1. The van der Waals surface area contributed by atoms with Crippen LogP contribution >= 0.6 is 0 Å². The average Bonchev–Trinajstić information content (AvgIpc) is 3.09. The Labute approximate surface area is 144 Å². The van der Waals surface area contributed by atoms with Crippen LogP contribution in [0, 0.1) is 25.2 Å². The van der Waals surface area contributed by atoms with Gasteiger partial charge in [-0.1, -0.05) is 6.92 Å². The molecule has 6 nitrogen and oxygen atoms in total. The van der Waals surface area contributed by atoms with E-state index in [4.69, 9.17) is 4.74 Å². The lowest BCUT2D eigenvalue weighted by Crippen LogP contribution is -2.42. The molecule has 2 amide bonds. The minimum absolute atomic E-state index is 0.0820. The number of urea groups is 1. The number of nitrogens with one attached hydrogen (secondary N) is 1. The second-order valence-electron chi connectivity index (χ2n) is 7.68. The van der Waals surface area contributed by atoms with Crippen molar-refractivity contribution in [3.8, 4) is 0 Å². The summed E-state index contributed by atoms with van der Waals surface area (Å²) in [5, 5.41) is 7.60. The Bertz CT molecular complexity index is 578. The first-order chi connectivity index (χ1) is 11.5. The standard InChI is InChI=1S/C18H30N4O2/c1-14(12-22-16(3)10-15(2)20-22)11-19-17(23)21-7-4-18(13-21)5-8-24-9-6-18/h10,14H,4-9,11-13H2,1-3H3,(H,19,23)/t14-/m1/s1. The molecule has 134 valence electrons. The van der Waals surface area contributed by atoms with E-state index in [9.17, 15) is 4.79 Å². The maximum atomic E-state index is 12.5. The van der Waals surface area contributed by atoms with E-state index >= 15 is 0 Å². The molecule has 0 saturated carbocycles. The third kappa shape index (κ3) is 3.91. The third-order valence-electron chi connectivity index (χ3n) is 5.47. The zero-order valence-corrected chi connectivity index (χ0v) is 15.2. The quantitative estimate of drug-likeness (QED) is 0.919. The van der Waals surface area contributed by atoms with Crippen LogP contribution in [0.3, 0.4) is 0 Å². The molecule has 1 N–H and O–H groups in total. The molecule has 1 aromatic rings. The fraction of sp³-hybridized carbons (Fsp3) is 0.778. The molecule has 0 aromatic carbocycles. The van der Waals surface area contributed by atoms with Crippen LogP contribution in [0.4, 0.5) is 4.79 Å². The first-order valence-corrected chi connectivity index (χ1v) is 9.09. The second kappa shape index (κ2) is 7.13. The summed E-state index contributed by atoms with van der Waals surface area (Å²) >= 11 is 0. The Balaban J connectivity index is 1.44. The van der Waals surface area contributed by atoms with Gasteiger partial charge in [-0.25, -0.2) is 4.79 Å². The molecule has 0 bridgehead atoms.